The van der Waals surface area contributed by atoms with Crippen molar-refractivity contribution in [3.8, 4) is 5.75 Å². The van der Waals surface area contributed by atoms with Crippen molar-refractivity contribution in [2.24, 2.45) is 0 Å². The molecule has 0 unspecified atom stereocenters. The van der Waals surface area contributed by atoms with Crippen LogP contribution < -0.4 is 4.74 Å². The highest BCUT2D eigenvalue weighted by molar-refractivity contribution is 5.42. The molecule has 0 saturated carbocycles. The Morgan fingerprint density at radius 2 is 1.93 bits per heavy atom. The fraction of sp³-hybridized carbons (Fsp3) is 0.231. The highest BCUT2D eigenvalue weighted by atomic mass is 16.5. The quantitative estimate of drug-likeness (QED) is 0.721. The zero-order valence-electron chi connectivity index (χ0n) is 8.78. The number of allylic oxidation sites excluding steroid dienone is 1. The number of ether oxygens (including phenoxy) is 1. The Morgan fingerprint density at radius 1 is 1.20 bits per heavy atom. The molecule has 0 amide bonds. The minimum absolute atomic E-state index is 0.0164. The van der Waals surface area contributed by atoms with Gasteiger partial charge in [0.25, 0.3) is 0 Å². The predicted molar refractivity (Wildman–Crippen MR) is 62.0 cm³/mol. The molecule has 0 spiro atoms. The van der Waals surface area contributed by atoms with Crippen LogP contribution in [0.5, 0.6) is 5.75 Å². The second-order valence-corrected chi connectivity index (χ2v) is 3.16. The molecule has 0 fully saturated rings. The Balaban J connectivity index is 3.01. The topological polar surface area (TPSA) is 29.5 Å². The second kappa shape index (κ2) is 6.04. The molecule has 2 nitrogen and oxygen atoms in total. The fourth-order valence-electron chi connectivity index (χ4n) is 1.41. The van der Waals surface area contributed by atoms with Crippen molar-refractivity contribution in [1.82, 2.24) is 0 Å². The molecule has 0 aliphatic carbocycles. The number of aliphatic hydroxyl groups is 1. The van der Waals surface area contributed by atoms with Crippen LogP contribution in [0.25, 0.3) is 0 Å². The summed E-state index contributed by atoms with van der Waals surface area (Å²) in [5, 5.41) is 9.18. The average Bonchev–Trinajstić information content (AvgIpc) is 2.27. The number of hydrogen-bond acceptors (Lipinski definition) is 2. The first kappa shape index (κ1) is 11.5. The monoisotopic (exact) mass is 204 g/mol. The molecule has 1 aromatic carbocycles. The van der Waals surface area contributed by atoms with Crippen molar-refractivity contribution in [2.75, 3.05) is 6.61 Å². The van der Waals surface area contributed by atoms with E-state index in [1.165, 1.54) is 0 Å². The highest BCUT2D eigenvalue weighted by Gasteiger charge is 2.07. The third-order valence-electron chi connectivity index (χ3n) is 2.06. The first-order valence-electron chi connectivity index (χ1n) is 4.89. The van der Waals surface area contributed by atoms with E-state index in [9.17, 15) is 5.11 Å². The molecule has 80 valence electrons. The summed E-state index contributed by atoms with van der Waals surface area (Å²) in [6, 6.07) is 5.73. The molecular formula is C13H16O2. The van der Waals surface area contributed by atoms with Gasteiger partial charge in [0.05, 0.1) is 6.61 Å². The normalized spacial score (nSPS) is 9.67. The molecule has 0 aromatic heterocycles. The van der Waals surface area contributed by atoms with E-state index in [1.54, 1.807) is 6.08 Å². The van der Waals surface area contributed by atoms with E-state index in [4.69, 9.17) is 4.74 Å². The van der Waals surface area contributed by atoms with Crippen LogP contribution in [0.3, 0.4) is 0 Å². The third kappa shape index (κ3) is 2.96. The zero-order valence-corrected chi connectivity index (χ0v) is 8.78. The lowest BCUT2D eigenvalue weighted by Gasteiger charge is -2.12. The summed E-state index contributed by atoms with van der Waals surface area (Å²) in [6.07, 6.45) is 4.24. The summed E-state index contributed by atoms with van der Waals surface area (Å²) < 4.78 is 5.54. The first-order chi connectivity index (χ1) is 7.33. The number of benzene rings is 1. The molecule has 0 aliphatic rings. The second-order valence-electron chi connectivity index (χ2n) is 3.16. The van der Waals surface area contributed by atoms with E-state index in [1.807, 2.05) is 24.3 Å². The minimum Gasteiger partial charge on any atom is -0.489 e. The van der Waals surface area contributed by atoms with Gasteiger partial charge in [0.1, 0.15) is 12.4 Å². The Hall–Kier alpha value is -1.54. The summed E-state index contributed by atoms with van der Waals surface area (Å²) in [5.74, 6) is 0.750. The van der Waals surface area contributed by atoms with E-state index in [-0.39, 0.29) is 6.61 Å². The van der Waals surface area contributed by atoms with E-state index in [2.05, 4.69) is 13.2 Å². The molecule has 0 radical (unpaired) electrons. The largest absolute Gasteiger partial charge is 0.489 e. The van der Waals surface area contributed by atoms with Crippen LogP contribution in [-0.4, -0.2) is 11.7 Å². The Morgan fingerprint density at radius 3 is 2.53 bits per heavy atom. The van der Waals surface area contributed by atoms with Crippen molar-refractivity contribution in [3.63, 3.8) is 0 Å². The molecular weight excluding hydrogens is 188 g/mol. The summed E-state index contributed by atoms with van der Waals surface area (Å²) >= 11 is 0. The lowest BCUT2D eigenvalue weighted by atomic mass is 10.1. The third-order valence-corrected chi connectivity index (χ3v) is 2.06. The van der Waals surface area contributed by atoms with Gasteiger partial charge in [-0.05, 0) is 12.0 Å². The van der Waals surface area contributed by atoms with E-state index >= 15 is 0 Å². The van der Waals surface area contributed by atoms with Gasteiger partial charge in [-0.15, -0.1) is 6.58 Å². The van der Waals surface area contributed by atoms with Gasteiger partial charge in [0, 0.05) is 5.56 Å². The van der Waals surface area contributed by atoms with Crippen LogP contribution in [-0.2, 0) is 13.0 Å². The number of hydrogen-bond donors (Lipinski definition) is 1. The van der Waals surface area contributed by atoms with Crippen molar-refractivity contribution in [1.29, 1.82) is 0 Å². The van der Waals surface area contributed by atoms with Crippen LogP contribution in [0.1, 0.15) is 11.1 Å². The number of aliphatic hydroxyl groups excluding tert-OH is 1. The van der Waals surface area contributed by atoms with E-state index in [0.717, 1.165) is 23.3 Å². The van der Waals surface area contributed by atoms with Gasteiger partial charge in [-0.25, -0.2) is 0 Å². The SMILES string of the molecule is C=CCOc1c(CO)cccc1CC=C. The summed E-state index contributed by atoms with van der Waals surface area (Å²) in [4.78, 5) is 0. The van der Waals surface area contributed by atoms with Crippen molar-refractivity contribution >= 4 is 0 Å². The summed E-state index contributed by atoms with van der Waals surface area (Å²) in [6.45, 7) is 7.72. The van der Waals surface area contributed by atoms with Gasteiger partial charge in [-0.2, -0.15) is 0 Å². The maximum absolute atomic E-state index is 9.18. The van der Waals surface area contributed by atoms with Crippen LogP contribution >= 0.6 is 0 Å². The van der Waals surface area contributed by atoms with E-state index < -0.39 is 0 Å². The standard InChI is InChI=1S/C13H16O2/c1-3-6-11-7-5-8-12(10-14)13(11)15-9-4-2/h3-5,7-8,14H,1-2,6,9-10H2. The van der Waals surface area contributed by atoms with E-state index in [0.29, 0.717) is 6.61 Å². The van der Waals surface area contributed by atoms with Crippen LogP contribution in [0.4, 0.5) is 0 Å². The van der Waals surface area contributed by atoms with Crippen LogP contribution in [0, 0.1) is 0 Å². The van der Waals surface area contributed by atoms with Crippen molar-refractivity contribution < 1.29 is 9.84 Å². The smallest absolute Gasteiger partial charge is 0.128 e. The molecule has 0 bridgehead atoms. The van der Waals surface area contributed by atoms with Crippen molar-refractivity contribution in [2.45, 2.75) is 13.0 Å². The summed E-state index contributed by atoms with van der Waals surface area (Å²) in [5.41, 5.74) is 1.84. The van der Waals surface area contributed by atoms with Gasteiger partial charge in [0.2, 0.25) is 0 Å². The minimum atomic E-state index is -0.0164. The Labute approximate surface area is 90.5 Å². The molecule has 1 N–H and O–H groups in total. The summed E-state index contributed by atoms with van der Waals surface area (Å²) in [7, 11) is 0. The average molecular weight is 204 g/mol. The first-order valence-corrected chi connectivity index (χ1v) is 4.89. The van der Waals surface area contributed by atoms with Gasteiger partial charge in [-0.3, -0.25) is 0 Å². The van der Waals surface area contributed by atoms with Crippen LogP contribution in [0.2, 0.25) is 0 Å². The molecule has 0 aliphatic heterocycles. The number of rotatable bonds is 6. The zero-order chi connectivity index (χ0) is 11.1. The van der Waals surface area contributed by atoms with Gasteiger partial charge in [0.15, 0.2) is 0 Å². The van der Waals surface area contributed by atoms with Gasteiger partial charge in [-0.1, -0.05) is 36.9 Å². The highest BCUT2D eigenvalue weighted by Crippen LogP contribution is 2.25. The maximum Gasteiger partial charge on any atom is 0.128 e. The fourth-order valence-corrected chi connectivity index (χ4v) is 1.41. The van der Waals surface area contributed by atoms with Crippen LogP contribution in [0.15, 0.2) is 43.5 Å². The Kier molecular flexibility index (Phi) is 4.64. The lowest BCUT2D eigenvalue weighted by molar-refractivity contribution is 0.269. The molecule has 0 heterocycles. The van der Waals surface area contributed by atoms with Gasteiger partial charge < -0.3 is 9.84 Å². The molecule has 0 saturated heterocycles. The Bertz CT molecular complexity index is 342. The molecule has 1 rings (SSSR count). The lowest BCUT2D eigenvalue weighted by Crippen LogP contribution is -2.01. The molecule has 1 aromatic rings. The number of para-hydroxylation sites is 1. The predicted octanol–water partition coefficient (Wildman–Crippen LogP) is 2.47. The van der Waals surface area contributed by atoms with Crippen molar-refractivity contribution in [3.05, 3.63) is 54.6 Å². The van der Waals surface area contributed by atoms with Gasteiger partial charge >= 0.3 is 0 Å². The molecule has 15 heavy (non-hydrogen) atoms. The molecule has 2 heteroatoms. The molecule has 0 atom stereocenters. The maximum atomic E-state index is 9.18.